The number of para-hydroxylation sites is 1. The fourth-order valence-electron chi connectivity index (χ4n) is 1.67. The van der Waals surface area contributed by atoms with Crippen LogP contribution in [-0.4, -0.2) is 18.6 Å². The Hall–Kier alpha value is -2.23. The summed E-state index contributed by atoms with van der Waals surface area (Å²) in [6.07, 6.45) is 3.54. The van der Waals surface area contributed by atoms with Crippen molar-refractivity contribution >= 4 is 5.91 Å². The van der Waals surface area contributed by atoms with Crippen molar-refractivity contribution in [2.24, 2.45) is 0 Å². The van der Waals surface area contributed by atoms with Crippen LogP contribution in [0, 0.1) is 0 Å². The van der Waals surface area contributed by atoms with Crippen molar-refractivity contribution < 1.29 is 13.9 Å². The molecule has 0 aliphatic rings. The smallest absolute Gasteiger partial charge is 0.260 e. The summed E-state index contributed by atoms with van der Waals surface area (Å²) in [6, 6.07) is 11.2. The maximum absolute atomic E-state index is 11.8. The van der Waals surface area contributed by atoms with Crippen LogP contribution in [0.1, 0.15) is 12.5 Å². The van der Waals surface area contributed by atoms with Crippen LogP contribution >= 0.6 is 0 Å². The van der Waals surface area contributed by atoms with Crippen molar-refractivity contribution in [3.05, 3.63) is 54.5 Å². The highest BCUT2D eigenvalue weighted by atomic mass is 16.5. The fourth-order valence-corrected chi connectivity index (χ4v) is 1.67. The van der Waals surface area contributed by atoms with E-state index in [2.05, 4.69) is 5.32 Å². The number of hydrogen-bond donors (Lipinski definition) is 1. The Morgan fingerprint density at radius 2 is 2.11 bits per heavy atom. The molecule has 1 heterocycles. The first-order chi connectivity index (χ1) is 9.25. The predicted molar refractivity (Wildman–Crippen MR) is 72.0 cm³/mol. The van der Waals surface area contributed by atoms with Crippen LogP contribution in [0.15, 0.2) is 53.3 Å². The van der Waals surface area contributed by atoms with Crippen molar-refractivity contribution in [1.29, 1.82) is 0 Å². The van der Waals surface area contributed by atoms with Crippen LogP contribution < -0.4 is 10.1 Å². The van der Waals surface area contributed by atoms with Gasteiger partial charge < -0.3 is 14.5 Å². The molecule has 2 aromatic rings. The van der Waals surface area contributed by atoms with Crippen molar-refractivity contribution in [1.82, 2.24) is 5.32 Å². The third-order valence-corrected chi connectivity index (χ3v) is 2.72. The predicted octanol–water partition coefficient (Wildman–Crippen LogP) is 2.41. The van der Waals surface area contributed by atoms with Gasteiger partial charge in [-0.2, -0.15) is 0 Å². The van der Waals surface area contributed by atoms with Crippen LogP contribution in [-0.2, 0) is 11.2 Å². The number of carbonyl (C=O) groups excluding carboxylic acids is 1. The Labute approximate surface area is 112 Å². The van der Waals surface area contributed by atoms with Crippen molar-refractivity contribution in [3.8, 4) is 5.75 Å². The Morgan fingerprint density at radius 3 is 2.79 bits per heavy atom. The van der Waals surface area contributed by atoms with Gasteiger partial charge >= 0.3 is 0 Å². The van der Waals surface area contributed by atoms with Crippen molar-refractivity contribution in [2.75, 3.05) is 6.54 Å². The lowest BCUT2D eigenvalue weighted by atomic mass is 10.2. The van der Waals surface area contributed by atoms with Crippen LogP contribution in [0.3, 0.4) is 0 Å². The standard InChI is InChI=1S/C15H17NO3/c1-12(19-14-5-3-2-4-6-14)15(17)16-9-7-13-8-10-18-11-13/h2-6,8,10-12H,7,9H2,1H3,(H,16,17). The highest BCUT2D eigenvalue weighted by Gasteiger charge is 2.13. The number of hydrogen-bond acceptors (Lipinski definition) is 3. The van der Waals surface area contributed by atoms with Gasteiger partial charge in [-0.3, -0.25) is 4.79 Å². The van der Waals surface area contributed by atoms with Gasteiger partial charge in [0.1, 0.15) is 5.75 Å². The molecule has 100 valence electrons. The lowest BCUT2D eigenvalue weighted by molar-refractivity contribution is -0.127. The molecule has 19 heavy (non-hydrogen) atoms. The normalized spacial score (nSPS) is 11.8. The lowest BCUT2D eigenvalue weighted by Crippen LogP contribution is -2.37. The van der Waals surface area contributed by atoms with E-state index in [0.29, 0.717) is 12.3 Å². The molecule has 0 aliphatic carbocycles. The minimum absolute atomic E-state index is 0.118. The van der Waals surface area contributed by atoms with E-state index in [1.165, 1.54) is 0 Å². The highest BCUT2D eigenvalue weighted by molar-refractivity contribution is 5.80. The van der Waals surface area contributed by atoms with Crippen molar-refractivity contribution in [2.45, 2.75) is 19.4 Å². The fraction of sp³-hybridized carbons (Fsp3) is 0.267. The first-order valence-electron chi connectivity index (χ1n) is 6.26. The molecule has 1 aromatic heterocycles. The van der Waals surface area contributed by atoms with E-state index in [0.717, 1.165) is 12.0 Å². The van der Waals surface area contributed by atoms with E-state index < -0.39 is 6.10 Å². The summed E-state index contributed by atoms with van der Waals surface area (Å²) in [7, 11) is 0. The summed E-state index contributed by atoms with van der Waals surface area (Å²) in [5.41, 5.74) is 1.07. The van der Waals surface area contributed by atoms with Gasteiger partial charge in [-0.25, -0.2) is 0 Å². The van der Waals surface area contributed by atoms with Gasteiger partial charge in [-0.15, -0.1) is 0 Å². The number of amides is 1. The first kappa shape index (κ1) is 13.2. The van der Waals surface area contributed by atoms with E-state index in [9.17, 15) is 4.79 Å². The van der Waals surface area contributed by atoms with Gasteiger partial charge in [0.25, 0.3) is 5.91 Å². The van der Waals surface area contributed by atoms with Gasteiger partial charge in [-0.1, -0.05) is 18.2 Å². The van der Waals surface area contributed by atoms with Crippen LogP contribution in [0.4, 0.5) is 0 Å². The third-order valence-electron chi connectivity index (χ3n) is 2.72. The second-order valence-corrected chi connectivity index (χ2v) is 4.25. The number of benzene rings is 1. The number of rotatable bonds is 6. The average molecular weight is 259 g/mol. The number of carbonyl (C=O) groups is 1. The molecule has 4 nitrogen and oxygen atoms in total. The van der Waals surface area contributed by atoms with Crippen LogP contribution in [0.5, 0.6) is 5.75 Å². The summed E-state index contributed by atoms with van der Waals surface area (Å²) in [6.45, 7) is 2.31. The molecule has 0 saturated heterocycles. The van der Waals surface area contributed by atoms with E-state index in [1.54, 1.807) is 19.5 Å². The summed E-state index contributed by atoms with van der Waals surface area (Å²) in [5, 5.41) is 2.84. The van der Waals surface area contributed by atoms with E-state index in [-0.39, 0.29) is 5.91 Å². The zero-order valence-corrected chi connectivity index (χ0v) is 10.8. The van der Waals surface area contributed by atoms with E-state index in [4.69, 9.17) is 9.15 Å². The molecule has 0 fully saturated rings. The average Bonchev–Trinajstić information content (AvgIpc) is 2.93. The summed E-state index contributed by atoms with van der Waals surface area (Å²) in [4.78, 5) is 11.8. The molecule has 2 rings (SSSR count). The first-order valence-corrected chi connectivity index (χ1v) is 6.26. The molecule has 1 unspecified atom stereocenters. The molecule has 4 heteroatoms. The van der Waals surface area contributed by atoms with Crippen LogP contribution in [0.25, 0.3) is 0 Å². The zero-order chi connectivity index (χ0) is 13.5. The van der Waals surface area contributed by atoms with Gasteiger partial charge in [0.15, 0.2) is 6.10 Å². The SMILES string of the molecule is CC(Oc1ccccc1)C(=O)NCCc1ccoc1. The molecule has 0 bridgehead atoms. The Kier molecular flexibility index (Phi) is 4.61. The highest BCUT2D eigenvalue weighted by Crippen LogP contribution is 2.10. The maximum atomic E-state index is 11.8. The Morgan fingerprint density at radius 1 is 1.32 bits per heavy atom. The minimum atomic E-state index is -0.508. The molecule has 1 atom stereocenters. The van der Waals surface area contributed by atoms with E-state index in [1.807, 2.05) is 36.4 Å². The molecule has 0 saturated carbocycles. The third kappa shape index (κ3) is 4.17. The largest absolute Gasteiger partial charge is 0.481 e. The quantitative estimate of drug-likeness (QED) is 0.866. The molecule has 0 radical (unpaired) electrons. The van der Waals surface area contributed by atoms with Crippen LogP contribution in [0.2, 0.25) is 0 Å². The van der Waals surface area contributed by atoms with E-state index >= 15 is 0 Å². The summed E-state index contributed by atoms with van der Waals surface area (Å²) in [5.74, 6) is 0.576. The maximum Gasteiger partial charge on any atom is 0.260 e. The number of nitrogens with one attached hydrogen (secondary N) is 1. The van der Waals surface area contributed by atoms with Gasteiger partial charge in [0, 0.05) is 6.54 Å². The molecular weight excluding hydrogens is 242 g/mol. The Bertz CT molecular complexity index is 493. The second kappa shape index (κ2) is 6.64. The molecule has 0 aliphatic heterocycles. The number of furan rings is 1. The number of ether oxygens (including phenoxy) is 1. The molecule has 1 amide bonds. The summed E-state index contributed by atoms with van der Waals surface area (Å²) >= 11 is 0. The van der Waals surface area contributed by atoms with Gasteiger partial charge in [0.05, 0.1) is 12.5 Å². The van der Waals surface area contributed by atoms with Gasteiger partial charge in [-0.05, 0) is 37.1 Å². The minimum Gasteiger partial charge on any atom is -0.481 e. The zero-order valence-electron chi connectivity index (χ0n) is 10.8. The Balaban J connectivity index is 1.73. The lowest BCUT2D eigenvalue weighted by Gasteiger charge is -2.14. The summed E-state index contributed by atoms with van der Waals surface area (Å²) < 4.78 is 10.5. The van der Waals surface area contributed by atoms with Crippen molar-refractivity contribution in [3.63, 3.8) is 0 Å². The topological polar surface area (TPSA) is 51.5 Å². The molecule has 1 N–H and O–H groups in total. The molecular formula is C15H17NO3. The second-order valence-electron chi connectivity index (χ2n) is 4.25. The monoisotopic (exact) mass is 259 g/mol. The molecule has 1 aromatic carbocycles. The van der Waals surface area contributed by atoms with Gasteiger partial charge in [0.2, 0.25) is 0 Å². The molecule has 0 spiro atoms.